The van der Waals surface area contributed by atoms with Crippen LogP contribution in [0.3, 0.4) is 0 Å². The highest BCUT2D eigenvalue weighted by Gasteiger charge is 2.56. The molecule has 2 saturated heterocycles. The van der Waals surface area contributed by atoms with Gasteiger partial charge in [0.25, 0.3) is 11.8 Å². The molecule has 0 bridgehead atoms. The minimum Gasteiger partial charge on any atom is -0.334 e. The molecule has 2 unspecified atom stereocenters. The Hall–Kier alpha value is -4.20. The minimum absolute atomic E-state index is 0.0630. The number of carbonyl (C=O) groups is 4. The number of nitrogens with zero attached hydrogens (tertiary/aromatic N) is 2. The van der Waals surface area contributed by atoms with Crippen molar-refractivity contribution >= 4 is 35.0 Å². The molecule has 4 aliphatic rings. The molecular weight excluding hydrogens is 516 g/mol. The number of hydrogen-bond donors (Lipinski definition) is 2. The maximum Gasteiger partial charge on any atom is 0.257 e. The highest BCUT2D eigenvalue weighted by molar-refractivity contribution is 6.14. The third-order valence-corrected chi connectivity index (χ3v) is 9.05. The molecule has 4 aliphatic heterocycles. The molecule has 2 aromatic rings. The van der Waals surface area contributed by atoms with Crippen LogP contribution >= 0.6 is 0 Å². The quantitative estimate of drug-likeness (QED) is 0.338. The van der Waals surface area contributed by atoms with E-state index in [0.29, 0.717) is 37.1 Å². The Bertz CT molecular complexity index is 1340. The number of benzene rings is 2. The van der Waals surface area contributed by atoms with E-state index < -0.39 is 11.1 Å². The molecule has 2 fully saturated rings. The minimum atomic E-state index is -1.00. The zero-order valence-corrected chi connectivity index (χ0v) is 23.3. The summed E-state index contributed by atoms with van der Waals surface area (Å²) in [5.41, 5.74) is 2.39. The van der Waals surface area contributed by atoms with Crippen LogP contribution in [0.15, 0.2) is 72.8 Å². The predicted molar refractivity (Wildman–Crippen MR) is 157 cm³/mol. The summed E-state index contributed by atoms with van der Waals surface area (Å²) in [6.45, 7) is 8.94. The first-order chi connectivity index (χ1) is 19.8. The second kappa shape index (κ2) is 10.3. The second-order valence-corrected chi connectivity index (χ2v) is 11.7. The van der Waals surface area contributed by atoms with Gasteiger partial charge in [0, 0.05) is 59.6 Å². The molecule has 212 valence electrons. The van der Waals surface area contributed by atoms with Gasteiger partial charge in [0.1, 0.15) is 0 Å². The Balaban J connectivity index is 0.946. The number of para-hydroxylation sites is 2. The van der Waals surface area contributed by atoms with Gasteiger partial charge in [0.15, 0.2) is 11.1 Å². The molecule has 2 aromatic carbocycles. The molecule has 0 radical (unpaired) electrons. The first kappa shape index (κ1) is 27.0. The van der Waals surface area contributed by atoms with Crippen LogP contribution in [-0.4, -0.2) is 36.7 Å². The van der Waals surface area contributed by atoms with Crippen LogP contribution in [-0.2, 0) is 30.3 Å². The number of anilines is 2. The van der Waals surface area contributed by atoms with Gasteiger partial charge in [-0.1, -0.05) is 81.7 Å². The van der Waals surface area contributed by atoms with E-state index in [1.54, 1.807) is 0 Å². The molecule has 8 nitrogen and oxygen atoms in total. The van der Waals surface area contributed by atoms with Gasteiger partial charge in [0.05, 0.1) is 0 Å². The van der Waals surface area contributed by atoms with Crippen LogP contribution in [0.2, 0.25) is 0 Å². The lowest BCUT2D eigenvalue weighted by atomic mass is 9.89. The van der Waals surface area contributed by atoms with Gasteiger partial charge in [-0.15, -0.1) is 0 Å². The van der Waals surface area contributed by atoms with Crippen LogP contribution in [0.5, 0.6) is 0 Å². The largest absolute Gasteiger partial charge is 0.334 e. The monoisotopic (exact) mass is 552 g/mol. The third kappa shape index (κ3) is 4.28. The van der Waals surface area contributed by atoms with E-state index in [9.17, 15) is 19.2 Å². The fourth-order valence-corrected chi connectivity index (χ4v) is 6.95. The van der Waals surface area contributed by atoms with Crippen LogP contribution in [0.25, 0.3) is 0 Å². The maximum absolute atomic E-state index is 13.5. The summed E-state index contributed by atoms with van der Waals surface area (Å²) in [4.78, 5) is 55.0. The average Bonchev–Trinajstić information content (AvgIpc) is 3.60. The highest BCUT2D eigenvalue weighted by Crippen LogP contribution is 2.47. The lowest BCUT2D eigenvalue weighted by molar-refractivity contribution is -0.127. The average molecular weight is 553 g/mol. The normalized spacial score (nSPS) is 24.6. The molecule has 2 spiro atoms. The molecule has 4 heterocycles. The topological polar surface area (TPSA) is 98.8 Å². The van der Waals surface area contributed by atoms with Crippen LogP contribution in [0, 0.1) is 0 Å². The Morgan fingerprint density at radius 1 is 0.585 bits per heavy atom. The van der Waals surface area contributed by atoms with E-state index in [2.05, 4.69) is 23.8 Å². The van der Waals surface area contributed by atoms with Gasteiger partial charge >= 0.3 is 0 Å². The van der Waals surface area contributed by atoms with Crippen molar-refractivity contribution in [3.8, 4) is 0 Å². The standard InChI is InChI=1S/C33H36N4O4/c1-22-20-32(34-28(22)38)24-14-8-10-16-26(24)36(30(32)40)18-12-6-4-3-5-7-13-19-37-27-17-11-9-15-25(27)33(31(37)41)21-23(2)29(39)35-33/h8-11,14-17H,1-7,12-13,18-21H2,(H,34,38)(H,35,39). The summed E-state index contributed by atoms with van der Waals surface area (Å²) in [5, 5.41) is 5.83. The van der Waals surface area contributed by atoms with Crippen molar-refractivity contribution in [1.29, 1.82) is 0 Å². The highest BCUT2D eigenvalue weighted by atomic mass is 16.2. The van der Waals surface area contributed by atoms with E-state index in [0.717, 1.165) is 67.4 Å². The molecular formula is C33H36N4O4. The van der Waals surface area contributed by atoms with Gasteiger partial charge in [-0.3, -0.25) is 19.2 Å². The van der Waals surface area contributed by atoms with Gasteiger partial charge in [-0.25, -0.2) is 0 Å². The molecule has 0 aliphatic carbocycles. The summed E-state index contributed by atoms with van der Waals surface area (Å²) >= 11 is 0. The molecule has 6 rings (SSSR count). The smallest absolute Gasteiger partial charge is 0.257 e. The van der Waals surface area contributed by atoms with Gasteiger partial charge < -0.3 is 20.4 Å². The zero-order chi connectivity index (χ0) is 28.8. The van der Waals surface area contributed by atoms with Crippen molar-refractivity contribution in [3.05, 3.63) is 84.0 Å². The number of hydrogen-bond acceptors (Lipinski definition) is 4. The molecule has 8 heteroatoms. The molecule has 41 heavy (non-hydrogen) atoms. The lowest BCUT2D eigenvalue weighted by Crippen LogP contribution is -2.48. The van der Waals surface area contributed by atoms with Crippen molar-refractivity contribution in [2.75, 3.05) is 22.9 Å². The number of rotatable bonds is 10. The predicted octanol–water partition coefficient (Wildman–Crippen LogP) is 4.35. The third-order valence-electron chi connectivity index (χ3n) is 9.05. The number of amides is 4. The SMILES string of the molecule is C=C1CC2(NC1=O)C(=O)N(CCCCCCCCCN1C(=O)C3(CC(=C)C(=O)N3)c3ccccc31)c1ccccc12. The lowest BCUT2D eigenvalue weighted by Gasteiger charge is -2.23. The molecule has 2 atom stereocenters. The number of fused-ring (bicyclic) bond motifs is 4. The zero-order valence-electron chi connectivity index (χ0n) is 23.3. The van der Waals surface area contributed by atoms with E-state index >= 15 is 0 Å². The number of unbranched alkanes of at least 4 members (excludes halogenated alkanes) is 6. The fourth-order valence-electron chi connectivity index (χ4n) is 6.95. The van der Waals surface area contributed by atoms with E-state index in [1.165, 1.54) is 0 Å². The molecule has 0 saturated carbocycles. The van der Waals surface area contributed by atoms with Gasteiger partial charge in [-0.05, 0) is 25.0 Å². The summed E-state index contributed by atoms with van der Waals surface area (Å²) in [5.74, 6) is -0.618. The number of carbonyl (C=O) groups excluding carboxylic acids is 4. The van der Waals surface area contributed by atoms with Crippen molar-refractivity contribution in [1.82, 2.24) is 10.6 Å². The molecule has 0 aromatic heterocycles. The first-order valence-corrected chi connectivity index (χ1v) is 14.6. The Morgan fingerprint density at radius 2 is 0.951 bits per heavy atom. The number of nitrogens with one attached hydrogen (secondary N) is 2. The van der Waals surface area contributed by atoms with E-state index in [4.69, 9.17) is 0 Å². The van der Waals surface area contributed by atoms with Crippen molar-refractivity contribution in [2.24, 2.45) is 0 Å². The van der Waals surface area contributed by atoms with Crippen LogP contribution in [0.4, 0.5) is 11.4 Å². The summed E-state index contributed by atoms with van der Waals surface area (Å²) in [6, 6.07) is 15.4. The summed E-state index contributed by atoms with van der Waals surface area (Å²) in [6.07, 6.45) is 7.69. The van der Waals surface area contributed by atoms with E-state index in [1.807, 2.05) is 58.3 Å². The van der Waals surface area contributed by atoms with Crippen molar-refractivity contribution in [2.45, 2.75) is 68.9 Å². The molecule has 4 amide bonds. The Kier molecular flexibility index (Phi) is 6.80. The van der Waals surface area contributed by atoms with Crippen LogP contribution < -0.4 is 20.4 Å². The summed E-state index contributed by atoms with van der Waals surface area (Å²) < 4.78 is 0. The molecule has 2 N–H and O–H groups in total. The maximum atomic E-state index is 13.5. The first-order valence-electron chi connectivity index (χ1n) is 14.6. The van der Waals surface area contributed by atoms with E-state index in [-0.39, 0.29) is 23.6 Å². The van der Waals surface area contributed by atoms with Crippen LogP contribution in [0.1, 0.15) is 68.9 Å². The Labute approximate surface area is 240 Å². The fraction of sp³-hybridized carbons (Fsp3) is 0.394. The van der Waals surface area contributed by atoms with Crippen molar-refractivity contribution < 1.29 is 19.2 Å². The van der Waals surface area contributed by atoms with Crippen molar-refractivity contribution in [3.63, 3.8) is 0 Å². The van der Waals surface area contributed by atoms with Gasteiger partial charge in [0.2, 0.25) is 11.8 Å². The Morgan fingerprint density at radius 3 is 1.32 bits per heavy atom. The van der Waals surface area contributed by atoms with Gasteiger partial charge in [-0.2, -0.15) is 0 Å². The second-order valence-electron chi connectivity index (χ2n) is 11.7. The summed E-state index contributed by atoms with van der Waals surface area (Å²) in [7, 11) is 0.